The Morgan fingerprint density at radius 3 is 2.40 bits per heavy atom. The lowest BCUT2D eigenvalue weighted by molar-refractivity contribution is 0.673. The molecule has 0 unspecified atom stereocenters. The van der Waals surface area contributed by atoms with E-state index in [9.17, 15) is 0 Å². The van der Waals surface area contributed by atoms with Gasteiger partial charge >= 0.3 is 0 Å². The van der Waals surface area contributed by atoms with E-state index >= 15 is 0 Å². The van der Waals surface area contributed by atoms with Crippen LogP contribution in [0.25, 0.3) is 71.0 Å². The smallest absolute Gasteiger partial charge is 0.147 e. The second-order valence-electron chi connectivity index (χ2n) is 10.4. The second kappa shape index (κ2) is 7.78. The van der Waals surface area contributed by atoms with Crippen LogP contribution < -0.4 is 0 Å². The molecule has 0 bridgehead atoms. The van der Waals surface area contributed by atoms with Crippen molar-refractivity contribution in [2.24, 2.45) is 4.99 Å². The lowest BCUT2D eigenvalue weighted by Crippen LogP contribution is -2.08. The standard InChI is InChI=1S/C36H21N3O/c37-29-10-4-5-11-30(29)38-31-20-39-32-16-15-24(23-14-13-21-7-1-2-8-22(21)17-23)18-26(32)27-19-28-25-9-3-6-12-33(25)40-36(28)34(31)35(27)39/h1-20,37H/b37-29?,38-30-. The van der Waals surface area contributed by atoms with Crippen LogP contribution in [0.2, 0.25) is 0 Å². The zero-order chi connectivity index (χ0) is 26.4. The van der Waals surface area contributed by atoms with E-state index in [1.165, 1.54) is 32.7 Å². The lowest BCUT2D eigenvalue weighted by Gasteiger charge is -2.06. The number of furan rings is 1. The molecule has 3 heterocycles. The maximum Gasteiger partial charge on any atom is 0.147 e. The molecule has 1 aliphatic rings. The summed E-state index contributed by atoms with van der Waals surface area (Å²) < 4.78 is 8.72. The number of aromatic nitrogens is 1. The highest BCUT2D eigenvalue weighted by Crippen LogP contribution is 2.46. The molecule has 1 aliphatic carbocycles. The number of rotatable bonds is 2. The molecule has 0 aliphatic heterocycles. The SMILES string of the molecule is N=C1C=CC=C/C1=N/c1cn2c3ccc(-c4ccc5ccccc5c4)cc3c3cc4c5ccccc5oc4c1c32. The average Bonchev–Trinajstić information content (AvgIpc) is 3.65. The Balaban J connectivity index is 1.38. The summed E-state index contributed by atoms with van der Waals surface area (Å²) in [6, 6.07) is 32.4. The molecule has 5 aromatic carbocycles. The highest BCUT2D eigenvalue weighted by atomic mass is 16.3. The fourth-order valence-corrected chi connectivity index (χ4v) is 6.28. The third kappa shape index (κ3) is 2.90. The first-order valence-electron chi connectivity index (χ1n) is 13.4. The third-order valence-corrected chi connectivity index (χ3v) is 8.16. The summed E-state index contributed by atoms with van der Waals surface area (Å²) in [6.07, 6.45) is 9.55. The maximum absolute atomic E-state index is 8.39. The minimum atomic E-state index is 0.401. The number of fused-ring (bicyclic) bond motifs is 8. The summed E-state index contributed by atoms with van der Waals surface area (Å²) in [5.74, 6) is 0. The van der Waals surface area contributed by atoms with Crippen LogP contribution in [0.4, 0.5) is 5.69 Å². The number of nitrogens with zero attached hydrogens (tertiary/aromatic N) is 2. The van der Waals surface area contributed by atoms with Gasteiger partial charge in [0.1, 0.15) is 11.2 Å². The fraction of sp³-hybridized carbons (Fsp3) is 0. The van der Waals surface area contributed by atoms with E-state index in [0.717, 1.165) is 44.0 Å². The van der Waals surface area contributed by atoms with Gasteiger partial charge in [-0.1, -0.05) is 72.8 Å². The van der Waals surface area contributed by atoms with Crippen LogP contribution in [-0.4, -0.2) is 15.8 Å². The van der Waals surface area contributed by atoms with Crippen LogP contribution >= 0.6 is 0 Å². The molecule has 4 heteroatoms. The van der Waals surface area contributed by atoms with Crippen molar-refractivity contribution in [1.29, 1.82) is 5.41 Å². The van der Waals surface area contributed by atoms with Gasteiger partial charge in [0.15, 0.2) is 0 Å². The molecule has 1 N–H and O–H groups in total. The average molecular weight is 512 g/mol. The molecule has 0 amide bonds. The highest BCUT2D eigenvalue weighted by molar-refractivity contribution is 6.50. The first-order valence-corrected chi connectivity index (χ1v) is 13.4. The predicted molar refractivity (Wildman–Crippen MR) is 167 cm³/mol. The van der Waals surface area contributed by atoms with Gasteiger partial charge in [0, 0.05) is 27.7 Å². The Bertz CT molecular complexity index is 2450. The number of allylic oxidation sites excluding steroid dienone is 4. The monoisotopic (exact) mass is 511 g/mol. The van der Waals surface area contributed by atoms with Gasteiger partial charge in [-0.3, -0.25) is 5.41 Å². The number of nitrogens with one attached hydrogen (secondary N) is 1. The van der Waals surface area contributed by atoms with E-state index in [1.54, 1.807) is 6.08 Å². The van der Waals surface area contributed by atoms with E-state index < -0.39 is 0 Å². The minimum absolute atomic E-state index is 0.401. The quantitative estimate of drug-likeness (QED) is 0.231. The van der Waals surface area contributed by atoms with Crippen molar-refractivity contribution in [3.8, 4) is 11.1 Å². The topological polar surface area (TPSA) is 53.8 Å². The highest BCUT2D eigenvalue weighted by Gasteiger charge is 2.23. The Morgan fingerprint density at radius 1 is 0.675 bits per heavy atom. The molecule has 0 atom stereocenters. The van der Waals surface area contributed by atoms with E-state index in [2.05, 4.69) is 89.5 Å². The van der Waals surface area contributed by atoms with Gasteiger partial charge in [-0.2, -0.15) is 0 Å². The summed E-state index contributed by atoms with van der Waals surface area (Å²) in [7, 11) is 0. The molecule has 0 saturated heterocycles. The number of para-hydroxylation sites is 1. The zero-order valence-corrected chi connectivity index (χ0v) is 21.3. The molecule has 40 heavy (non-hydrogen) atoms. The normalized spacial score (nSPS) is 14.9. The Labute approximate surface area is 228 Å². The lowest BCUT2D eigenvalue weighted by atomic mass is 9.99. The molecular formula is C36H21N3O. The van der Waals surface area contributed by atoms with Crippen LogP contribution in [0.3, 0.4) is 0 Å². The molecule has 0 radical (unpaired) electrons. The Kier molecular flexibility index (Phi) is 4.17. The van der Waals surface area contributed by atoms with Gasteiger partial charge in [0.05, 0.1) is 33.5 Å². The van der Waals surface area contributed by atoms with Crippen molar-refractivity contribution in [2.45, 2.75) is 0 Å². The van der Waals surface area contributed by atoms with E-state index in [-0.39, 0.29) is 0 Å². The van der Waals surface area contributed by atoms with Crippen molar-refractivity contribution < 1.29 is 4.42 Å². The van der Waals surface area contributed by atoms with Gasteiger partial charge in [0.2, 0.25) is 0 Å². The molecule has 8 aromatic rings. The molecule has 3 aromatic heterocycles. The van der Waals surface area contributed by atoms with E-state index in [1.807, 2.05) is 30.4 Å². The number of hydrogen-bond donors (Lipinski definition) is 1. The zero-order valence-electron chi connectivity index (χ0n) is 21.3. The van der Waals surface area contributed by atoms with Crippen LogP contribution in [0.15, 0.2) is 131 Å². The minimum Gasteiger partial charge on any atom is -0.455 e. The first-order chi connectivity index (χ1) is 19.7. The summed E-state index contributed by atoms with van der Waals surface area (Å²) in [5.41, 5.74) is 8.16. The van der Waals surface area contributed by atoms with Crippen LogP contribution in [0.5, 0.6) is 0 Å². The van der Waals surface area contributed by atoms with Crippen LogP contribution in [0.1, 0.15) is 0 Å². The number of hydrogen-bond acceptors (Lipinski definition) is 3. The van der Waals surface area contributed by atoms with Crippen molar-refractivity contribution in [1.82, 2.24) is 4.40 Å². The van der Waals surface area contributed by atoms with Crippen molar-refractivity contribution in [3.63, 3.8) is 0 Å². The van der Waals surface area contributed by atoms with Gasteiger partial charge in [-0.15, -0.1) is 0 Å². The predicted octanol–water partition coefficient (Wildman–Crippen LogP) is 9.62. The van der Waals surface area contributed by atoms with Gasteiger partial charge in [-0.05, 0) is 64.4 Å². The van der Waals surface area contributed by atoms with E-state index in [4.69, 9.17) is 14.8 Å². The molecule has 9 rings (SSSR count). The number of aliphatic imine (C=N–C) groups is 1. The van der Waals surface area contributed by atoms with Crippen molar-refractivity contribution in [3.05, 3.63) is 121 Å². The van der Waals surface area contributed by atoms with Gasteiger partial charge in [0.25, 0.3) is 0 Å². The molecular weight excluding hydrogens is 490 g/mol. The molecule has 186 valence electrons. The Hall–Kier alpha value is -5.48. The molecule has 4 nitrogen and oxygen atoms in total. The summed E-state index contributed by atoms with van der Waals surface area (Å²) in [4.78, 5) is 4.98. The maximum atomic E-state index is 8.39. The van der Waals surface area contributed by atoms with Crippen LogP contribution in [0, 0.1) is 5.41 Å². The molecule has 0 fully saturated rings. The third-order valence-electron chi connectivity index (χ3n) is 8.16. The first kappa shape index (κ1) is 21.5. The van der Waals surface area contributed by atoms with Crippen molar-refractivity contribution >= 4 is 77.0 Å². The second-order valence-corrected chi connectivity index (χ2v) is 10.4. The summed E-state index contributed by atoms with van der Waals surface area (Å²) in [5, 5.41) is 16.4. The number of benzene rings is 5. The molecule has 0 spiro atoms. The van der Waals surface area contributed by atoms with Gasteiger partial charge < -0.3 is 8.82 Å². The fourth-order valence-electron chi connectivity index (χ4n) is 6.28. The van der Waals surface area contributed by atoms with Crippen molar-refractivity contribution in [2.75, 3.05) is 0 Å². The van der Waals surface area contributed by atoms with Crippen LogP contribution in [-0.2, 0) is 0 Å². The Morgan fingerprint density at radius 2 is 1.48 bits per heavy atom. The van der Waals surface area contributed by atoms with E-state index in [0.29, 0.717) is 11.4 Å². The molecule has 0 saturated carbocycles. The largest absolute Gasteiger partial charge is 0.455 e. The summed E-state index contributed by atoms with van der Waals surface area (Å²) in [6.45, 7) is 0. The van der Waals surface area contributed by atoms with Gasteiger partial charge in [-0.25, -0.2) is 4.99 Å². The summed E-state index contributed by atoms with van der Waals surface area (Å²) >= 11 is 0.